The van der Waals surface area contributed by atoms with Crippen molar-refractivity contribution in [3.8, 4) is 11.1 Å². The summed E-state index contributed by atoms with van der Waals surface area (Å²) in [5.74, 6) is 0.381. The number of hydrogen-bond acceptors (Lipinski definition) is 2. The molecule has 4 rings (SSSR count). The molecule has 0 N–H and O–H groups in total. The molecule has 1 aliphatic heterocycles. The molecule has 0 radical (unpaired) electrons. The van der Waals surface area contributed by atoms with Crippen LogP contribution < -0.4 is 0 Å². The Labute approximate surface area is 154 Å². The molecule has 132 valence electrons. The first-order valence-electron chi connectivity index (χ1n) is 9.26. The third-order valence-electron chi connectivity index (χ3n) is 5.24. The molecule has 26 heavy (non-hydrogen) atoms. The van der Waals surface area contributed by atoms with Gasteiger partial charge in [0, 0.05) is 12.7 Å². The summed E-state index contributed by atoms with van der Waals surface area (Å²) in [7, 11) is 0. The van der Waals surface area contributed by atoms with Crippen LogP contribution in [0.3, 0.4) is 0 Å². The van der Waals surface area contributed by atoms with Gasteiger partial charge < -0.3 is 0 Å². The lowest BCUT2D eigenvalue weighted by Crippen LogP contribution is -2.32. The van der Waals surface area contributed by atoms with E-state index < -0.39 is 0 Å². The molecule has 2 aromatic carbocycles. The summed E-state index contributed by atoms with van der Waals surface area (Å²) < 4.78 is 13.1. The van der Waals surface area contributed by atoms with E-state index in [2.05, 4.69) is 46.3 Å². The van der Waals surface area contributed by atoms with Crippen LogP contribution >= 0.6 is 0 Å². The zero-order chi connectivity index (χ0) is 17.8. The highest BCUT2D eigenvalue weighted by Gasteiger charge is 2.21. The molecule has 2 nitrogen and oxygen atoms in total. The van der Waals surface area contributed by atoms with Crippen molar-refractivity contribution in [2.24, 2.45) is 0 Å². The Morgan fingerprint density at radius 3 is 2.35 bits per heavy atom. The zero-order valence-corrected chi connectivity index (χ0v) is 14.8. The molecule has 0 amide bonds. The number of piperidine rings is 1. The van der Waals surface area contributed by atoms with Crippen molar-refractivity contribution >= 4 is 0 Å². The highest BCUT2D eigenvalue weighted by molar-refractivity contribution is 5.63. The van der Waals surface area contributed by atoms with Crippen LogP contribution in [0.5, 0.6) is 0 Å². The average molecular weight is 346 g/mol. The van der Waals surface area contributed by atoms with Gasteiger partial charge in [-0.05, 0) is 72.8 Å². The van der Waals surface area contributed by atoms with Crippen LogP contribution in [0.2, 0.25) is 0 Å². The second-order valence-corrected chi connectivity index (χ2v) is 7.00. The van der Waals surface area contributed by atoms with Crippen LogP contribution in [-0.4, -0.2) is 23.0 Å². The molecule has 0 spiro atoms. The molecule has 3 heteroatoms. The van der Waals surface area contributed by atoms with Gasteiger partial charge in [-0.2, -0.15) is 0 Å². The van der Waals surface area contributed by atoms with E-state index in [9.17, 15) is 4.39 Å². The van der Waals surface area contributed by atoms with E-state index in [1.54, 1.807) is 12.1 Å². The van der Waals surface area contributed by atoms with E-state index in [1.165, 1.54) is 16.7 Å². The van der Waals surface area contributed by atoms with E-state index in [1.807, 2.05) is 24.4 Å². The summed E-state index contributed by atoms with van der Waals surface area (Å²) in [5, 5.41) is 0. The van der Waals surface area contributed by atoms with E-state index in [-0.39, 0.29) is 5.82 Å². The lowest BCUT2D eigenvalue weighted by molar-refractivity contribution is 0.202. The van der Waals surface area contributed by atoms with Gasteiger partial charge in [-0.15, -0.1) is 0 Å². The van der Waals surface area contributed by atoms with Crippen molar-refractivity contribution in [1.82, 2.24) is 9.88 Å². The van der Waals surface area contributed by atoms with Gasteiger partial charge >= 0.3 is 0 Å². The minimum Gasteiger partial charge on any atom is -0.297 e. The van der Waals surface area contributed by atoms with Crippen LogP contribution in [0.4, 0.5) is 4.39 Å². The molecule has 1 aromatic heterocycles. The number of aromatic nitrogens is 1. The van der Waals surface area contributed by atoms with Gasteiger partial charge in [0.25, 0.3) is 0 Å². The molecule has 0 atom stereocenters. The molecule has 0 unspecified atom stereocenters. The largest absolute Gasteiger partial charge is 0.297 e. The number of benzene rings is 2. The third kappa shape index (κ3) is 4.00. The molecule has 1 aliphatic rings. The summed E-state index contributed by atoms with van der Waals surface area (Å²) in [6.07, 6.45) is 4.14. The van der Waals surface area contributed by atoms with Crippen LogP contribution in [0.1, 0.15) is 30.0 Å². The van der Waals surface area contributed by atoms with Crippen molar-refractivity contribution in [2.45, 2.75) is 25.3 Å². The zero-order valence-electron chi connectivity index (χ0n) is 14.8. The number of halogens is 1. The Balaban J connectivity index is 1.38. The second-order valence-electron chi connectivity index (χ2n) is 7.00. The maximum absolute atomic E-state index is 13.1. The fraction of sp³-hybridized carbons (Fsp3) is 0.261. The van der Waals surface area contributed by atoms with E-state index in [0.29, 0.717) is 5.92 Å². The highest BCUT2D eigenvalue weighted by Crippen LogP contribution is 2.29. The SMILES string of the molecule is Fc1ccc(C2CCN(Cc3cc(-c4ccccc4)ccn3)CC2)cc1. The number of rotatable bonds is 4. The molecule has 2 heterocycles. The van der Waals surface area contributed by atoms with Gasteiger partial charge in [-0.3, -0.25) is 9.88 Å². The van der Waals surface area contributed by atoms with Gasteiger partial charge in [0.1, 0.15) is 5.82 Å². The molecule has 0 bridgehead atoms. The number of pyridine rings is 1. The minimum absolute atomic E-state index is 0.157. The number of nitrogens with zero attached hydrogens (tertiary/aromatic N) is 2. The van der Waals surface area contributed by atoms with E-state index in [4.69, 9.17) is 0 Å². The van der Waals surface area contributed by atoms with Crippen LogP contribution in [0, 0.1) is 5.82 Å². The lowest BCUT2D eigenvalue weighted by Gasteiger charge is -2.32. The molecule has 0 aliphatic carbocycles. The fourth-order valence-corrected chi connectivity index (χ4v) is 3.76. The minimum atomic E-state index is -0.157. The Morgan fingerprint density at radius 1 is 0.885 bits per heavy atom. The first kappa shape index (κ1) is 16.9. The first-order valence-corrected chi connectivity index (χ1v) is 9.26. The van der Waals surface area contributed by atoms with E-state index >= 15 is 0 Å². The van der Waals surface area contributed by atoms with Crippen molar-refractivity contribution in [1.29, 1.82) is 0 Å². The maximum atomic E-state index is 13.1. The van der Waals surface area contributed by atoms with Crippen LogP contribution in [-0.2, 0) is 6.54 Å². The Morgan fingerprint density at radius 2 is 1.62 bits per heavy atom. The molecule has 3 aromatic rings. The predicted octanol–water partition coefficient (Wildman–Crippen LogP) is 5.27. The van der Waals surface area contributed by atoms with Crippen LogP contribution in [0.25, 0.3) is 11.1 Å². The summed E-state index contributed by atoms with van der Waals surface area (Å²) in [4.78, 5) is 7.03. The summed E-state index contributed by atoms with van der Waals surface area (Å²) in [6.45, 7) is 3.00. The van der Waals surface area contributed by atoms with Gasteiger partial charge in [0.2, 0.25) is 0 Å². The monoisotopic (exact) mass is 346 g/mol. The highest BCUT2D eigenvalue weighted by atomic mass is 19.1. The number of likely N-dealkylation sites (tertiary alicyclic amines) is 1. The van der Waals surface area contributed by atoms with Gasteiger partial charge in [0.15, 0.2) is 0 Å². The Bertz CT molecular complexity index is 838. The predicted molar refractivity (Wildman–Crippen MR) is 103 cm³/mol. The number of hydrogen-bond donors (Lipinski definition) is 0. The Hall–Kier alpha value is -2.52. The molecular formula is C23H23FN2. The molecular weight excluding hydrogens is 323 g/mol. The van der Waals surface area contributed by atoms with Crippen molar-refractivity contribution in [3.63, 3.8) is 0 Å². The average Bonchev–Trinajstić information content (AvgIpc) is 2.70. The van der Waals surface area contributed by atoms with Crippen molar-refractivity contribution < 1.29 is 4.39 Å². The standard InChI is InChI=1S/C23H23FN2/c24-22-8-6-19(7-9-22)20-11-14-26(15-12-20)17-23-16-21(10-13-25-23)18-4-2-1-3-5-18/h1-10,13,16,20H,11-12,14-15,17H2. The van der Waals surface area contributed by atoms with E-state index in [0.717, 1.165) is 38.2 Å². The molecule has 1 saturated heterocycles. The topological polar surface area (TPSA) is 16.1 Å². The van der Waals surface area contributed by atoms with Gasteiger partial charge in [-0.25, -0.2) is 4.39 Å². The Kier molecular flexibility index (Phi) is 5.07. The maximum Gasteiger partial charge on any atom is 0.123 e. The lowest BCUT2D eigenvalue weighted by atomic mass is 9.89. The first-order chi connectivity index (χ1) is 12.8. The summed E-state index contributed by atoms with van der Waals surface area (Å²) >= 11 is 0. The summed E-state index contributed by atoms with van der Waals surface area (Å²) in [6, 6.07) is 21.7. The van der Waals surface area contributed by atoms with Crippen LogP contribution in [0.15, 0.2) is 72.9 Å². The molecule has 0 saturated carbocycles. The third-order valence-corrected chi connectivity index (χ3v) is 5.24. The summed E-state index contributed by atoms with van der Waals surface area (Å²) in [5.41, 5.74) is 4.82. The van der Waals surface area contributed by atoms with Crippen molar-refractivity contribution in [2.75, 3.05) is 13.1 Å². The second kappa shape index (κ2) is 7.79. The smallest absolute Gasteiger partial charge is 0.123 e. The van der Waals surface area contributed by atoms with Crippen molar-refractivity contribution in [3.05, 3.63) is 90.0 Å². The van der Waals surface area contributed by atoms with Gasteiger partial charge in [-0.1, -0.05) is 42.5 Å². The fourth-order valence-electron chi connectivity index (χ4n) is 3.76. The molecule has 1 fully saturated rings. The van der Waals surface area contributed by atoms with Gasteiger partial charge in [0.05, 0.1) is 5.69 Å². The normalized spacial score (nSPS) is 15.9. The quantitative estimate of drug-likeness (QED) is 0.640.